The monoisotopic (exact) mass is 268 g/mol. The number of halogens is 2. The van der Waals surface area contributed by atoms with Crippen LogP contribution in [0.1, 0.15) is 37.4 Å². The molecular weight excluding hydrogens is 246 g/mol. The lowest BCUT2D eigenvalue weighted by Gasteiger charge is -2.27. The van der Waals surface area contributed by atoms with Gasteiger partial charge in [0.15, 0.2) is 0 Å². The van der Waals surface area contributed by atoms with E-state index in [-0.39, 0.29) is 11.6 Å². The Labute approximate surface area is 113 Å². The van der Waals surface area contributed by atoms with Crippen LogP contribution in [0.2, 0.25) is 0 Å². The van der Waals surface area contributed by atoms with Gasteiger partial charge >= 0.3 is 0 Å². The van der Waals surface area contributed by atoms with Crippen molar-refractivity contribution in [2.75, 3.05) is 19.6 Å². The maximum atomic E-state index is 12.8. The van der Waals surface area contributed by atoms with Gasteiger partial charge in [-0.2, -0.15) is 0 Å². The number of hydrogen-bond acceptors (Lipinski definition) is 2. The van der Waals surface area contributed by atoms with Gasteiger partial charge in [-0.1, -0.05) is 32.0 Å². The molecule has 1 saturated heterocycles. The first-order valence-corrected chi connectivity index (χ1v) is 6.85. The van der Waals surface area contributed by atoms with E-state index in [1.807, 2.05) is 6.07 Å². The minimum absolute atomic E-state index is 0.0473. The molecule has 0 bridgehead atoms. The molecule has 106 valence electrons. The zero-order valence-electron chi connectivity index (χ0n) is 11.5. The molecule has 0 amide bonds. The second kappa shape index (κ2) is 5.97. The van der Waals surface area contributed by atoms with Gasteiger partial charge in [-0.15, -0.1) is 0 Å². The molecule has 1 heterocycles. The minimum atomic E-state index is -2.42. The van der Waals surface area contributed by atoms with E-state index in [1.165, 1.54) is 6.07 Å². The molecule has 0 spiro atoms. The molecule has 1 aromatic carbocycles. The Bertz CT molecular complexity index is 412. The topological polar surface area (TPSA) is 29.3 Å². The van der Waals surface area contributed by atoms with E-state index >= 15 is 0 Å². The van der Waals surface area contributed by atoms with Crippen molar-refractivity contribution in [2.24, 2.45) is 17.6 Å². The number of rotatable bonds is 4. The van der Waals surface area contributed by atoms with Gasteiger partial charge in [0, 0.05) is 31.2 Å². The summed E-state index contributed by atoms with van der Waals surface area (Å²) in [7, 11) is 0. The van der Waals surface area contributed by atoms with Crippen LogP contribution in [0.15, 0.2) is 24.3 Å². The number of alkyl halides is 2. The summed E-state index contributed by atoms with van der Waals surface area (Å²) in [6.07, 6.45) is -2.42. The zero-order chi connectivity index (χ0) is 14.0. The number of hydrogen-bond donors (Lipinski definition) is 1. The van der Waals surface area contributed by atoms with Crippen molar-refractivity contribution in [1.82, 2.24) is 4.90 Å². The highest BCUT2D eigenvalue weighted by Crippen LogP contribution is 2.31. The molecule has 4 heteroatoms. The van der Waals surface area contributed by atoms with E-state index in [0.717, 1.165) is 18.7 Å². The number of benzene rings is 1. The van der Waals surface area contributed by atoms with Gasteiger partial charge in [0.1, 0.15) is 0 Å². The summed E-state index contributed by atoms with van der Waals surface area (Å²) in [4.78, 5) is 2.32. The molecule has 1 aliphatic heterocycles. The van der Waals surface area contributed by atoms with Crippen molar-refractivity contribution >= 4 is 0 Å². The molecule has 0 saturated carbocycles. The lowest BCUT2D eigenvalue weighted by Crippen LogP contribution is -2.32. The fourth-order valence-corrected chi connectivity index (χ4v) is 2.83. The highest BCUT2D eigenvalue weighted by Gasteiger charge is 2.31. The van der Waals surface area contributed by atoms with Gasteiger partial charge < -0.3 is 5.73 Å². The van der Waals surface area contributed by atoms with Gasteiger partial charge in [-0.05, 0) is 23.5 Å². The van der Waals surface area contributed by atoms with E-state index in [0.29, 0.717) is 18.4 Å². The van der Waals surface area contributed by atoms with Crippen molar-refractivity contribution in [3.63, 3.8) is 0 Å². The summed E-state index contributed by atoms with van der Waals surface area (Å²) in [6.45, 7) is 6.90. The third-order valence-electron chi connectivity index (χ3n) is 4.23. The lowest BCUT2D eigenvalue weighted by molar-refractivity contribution is 0.151. The van der Waals surface area contributed by atoms with Crippen LogP contribution in [0, 0.1) is 11.8 Å². The summed E-state index contributed by atoms with van der Waals surface area (Å²) in [5, 5.41) is 0. The van der Waals surface area contributed by atoms with Gasteiger partial charge in [0.25, 0.3) is 6.43 Å². The van der Waals surface area contributed by atoms with Crippen molar-refractivity contribution < 1.29 is 8.78 Å². The van der Waals surface area contributed by atoms with Crippen LogP contribution in [0.3, 0.4) is 0 Å². The molecule has 1 aromatic rings. The number of likely N-dealkylation sites (tertiary alicyclic amines) is 1. The van der Waals surface area contributed by atoms with Gasteiger partial charge in [0.05, 0.1) is 0 Å². The zero-order valence-corrected chi connectivity index (χ0v) is 11.5. The predicted octanol–water partition coefficient (Wildman–Crippen LogP) is 3.21. The molecule has 0 aliphatic carbocycles. The Morgan fingerprint density at radius 2 is 1.79 bits per heavy atom. The summed E-state index contributed by atoms with van der Waals surface area (Å²) in [6, 6.07) is 6.71. The number of nitrogens with two attached hydrogens (primary N) is 1. The van der Waals surface area contributed by atoms with E-state index in [2.05, 4.69) is 18.7 Å². The van der Waals surface area contributed by atoms with Gasteiger partial charge in [0.2, 0.25) is 0 Å². The third-order valence-corrected chi connectivity index (χ3v) is 4.23. The summed E-state index contributed by atoms with van der Waals surface area (Å²) in [5.41, 5.74) is 6.86. The third kappa shape index (κ3) is 3.12. The van der Waals surface area contributed by atoms with Crippen LogP contribution >= 0.6 is 0 Å². The molecule has 2 nitrogen and oxygen atoms in total. The van der Waals surface area contributed by atoms with Crippen LogP contribution in [-0.2, 0) is 0 Å². The molecule has 2 rings (SSSR count). The molecule has 3 atom stereocenters. The second-order valence-electron chi connectivity index (χ2n) is 5.63. The van der Waals surface area contributed by atoms with Crippen molar-refractivity contribution in [2.45, 2.75) is 26.3 Å². The van der Waals surface area contributed by atoms with Crippen molar-refractivity contribution in [3.05, 3.63) is 35.4 Å². The Hall–Kier alpha value is -1.00. The molecule has 0 aromatic heterocycles. The SMILES string of the molecule is CC1CN(C(CN)c2cccc(C(F)F)c2)CC1C. The van der Waals surface area contributed by atoms with Crippen LogP contribution < -0.4 is 5.73 Å². The summed E-state index contributed by atoms with van der Waals surface area (Å²) >= 11 is 0. The fraction of sp³-hybridized carbons (Fsp3) is 0.600. The van der Waals surface area contributed by atoms with Crippen molar-refractivity contribution in [1.29, 1.82) is 0 Å². The smallest absolute Gasteiger partial charge is 0.263 e. The van der Waals surface area contributed by atoms with Crippen LogP contribution in [0.4, 0.5) is 8.78 Å². The molecule has 1 aliphatic rings. The first-order valence-electron chi connectivity index (χ1n) is 6.85. The average molecular weight is 268 g/mol. The largest absolute Gasteiger partial charge is 0.329 e. The van der Waals surface area contributed by atoms with Crippen LogP contribution in [-0.4, -0.2) is 24.5 Å². The highest BCUT2D eigenvalue weighted by atomic mass is 19.3. The Morgan fingerprint density at radius 3 is 2.32 bits per heavy atom. The molecular formula is C15H22F2N2. The van der Waals surface area contributed by atoms with Crippen LogP contribution in [0.25, 0.3) is 0 Å². The first-order chi connectivity index (χ1) is 9.02. The lowest BCUT2D eigenvalue weighted by atomic mass is 10.0. The van der Waals surface area contributed by atoms with Crippen LogP contribution in [0.5, 0.6) is 0 Å². The van der Waals surface area contributed by atoms with E-state index in [4.69, 9.17) is 5.73 Å². The van der Waals surface area contributed by atoms with Gasteiger partial charge in [-0.3, -0.25) is 4.90 Å². The molecule has 1 fully saturated rings. The second-order valence-corrected chi connectivity index (χ2v) is 5.63. The van der Waals surface area contributed by atoms with E-state index in [9.17, 15) is 8.78 Å². The average Bonchev–Trinajstić information content (AvgIpc) is 2.70. The predicted molar refractivity (Wildman–Crippen MR) is 73.1 cm³/mol. The fourth-order valence-electron chi connectivity index (χ4n) is 2.83. The number of nitrogens with zero attached hydrogens (tertiary/aromatic N) is 1. The normalized spacial score (nSPS) is 26.0. The minimum Gasteiger partial charge on any atom is -0.329 e. The summed E-state index contributed by atoms with van der Waals surface area (Å²) in [5.74, 6) is 1.26. The molecule has 2 N–H and O–H groups in total. The highest BCUT2D eigenvalue weighted by molar-refractivity contribution is 5.27. The standard InChI is InChI=1S/C15H22F2N2/c1-10-8-19(9-11(10)2)14(7-18)12-4-3-5-13(6-12)15(16)17/h3-6,10-11,14-15H,7-9,18H2,1-2H3. The maximum absolute atomic E-state index is 12.8. The molecule has 19 heavy (non-hydrogen) atoms. The molecule has 3 unspecified atom stereocenters. The van der Waals surface area contributed by atoms with Crippen molar-refractivity contribution in [3.8, 4) is 0 Å². The Kier molecular flexibility index (Phi) is 4.53. The van der Waals surface area contributed by atoms with Gasteiger partial charge in [-0.25, -0.2) is 8.78 Å². The molecule has 0 radical (unpaired) electrons. The van der Waals surface area contributed by atoms with E-state index in [1.54, 1.807) is 12.1 Å². The first kappa shape index (κ1) is 14.4. The maximum Gasteiger partial charge on any atom is 0.263 e. The Balaban J connectivity index is 2.20. The quantitative estimate of drug-likeness (QED) is 0.908. The Morgan fingerprint density at radius 1 is 1.21 bits per heavy atom. The van der Waals surface area contributed by atoms with E-state index < -0.39 is 6.43 Å². The summed E-state index contributed by atoms with van der Waals surface area (Å²) < 4.78 is 25.5.